The van der Waals surface area contributed by atoms with Gasteiger partial charge in [-0.15, -0.1) is 0 Å². The average molecular weight is 283 g/mol. The third-order valence-electron chi connectivity index (χ3n) is 3.65. The van der Waals surface area contributed by atoms with Gasteiger partial charge in [-0.25, -0.2) is 0 Å². The standard InChI is InChI=1S/C17H33NO2/c1-16(2,3)11-9-7-8-10-13(15(18)20)12-14(19)17(4,5)6/h13H,7-12H2,1-6H3,(H2,18,20). The lowest BCUT2D eigenvalue weighted by Gasteiger charge is -2.21. The van der Waals surface area contributed by atoms with Crippen molar-refractivity contribution in [2.45, 2.75) is 80.1 Å². The minimum absolute atomic E-state index is 0.121. The normalized spacial score (nSPS) is 14.1. The van der Waals surface area contributed by atoms with E-state index in [-0.39, 0.29) is 29.4 Å². The molecule has 1 unspecified atom stereocenters. The van der Waals surface area contributed by atoms with E-state index in [0.29, 0.717) is 5.41 Å². The van der Waals surface area contributed by atoms with E-state index in [1.165, 1.54) is 12.8 Å². The molecule has 0 aromatic heterocycles. The van der Waals surface area contributed by atoms with Gasteiger partial charge < -0.3 is 5.73 Å². The van der Waals surface area contributed by atoms with E-state index in [0.717, 1.165) is 19.3 Å². The van der Waals surface area contributed by atoms with Crippen LogP contribution in [0.15, 0.2) is 0 Å². The van der Waals surface area contributed by atoms with Crippen molar-refractivity contribution in [3.8, 4) is 0 Å². The molecule has 0 fully saturated rings. The number of ketones is 1. The van der Waals surface area contributed by atoms with E-state index >= 15 is 0 Å². The van der Waals surface area contributed by atoms with Crippen LogP contribution in [0.2, 0.25) is 0 Å². The third kappa shape index (κ3) is 9.11. The zero-order valence-corrected chi connectivity index (χ0v) is 14.2. The Kier molecular flexibility index (Phi) is 7.46. The zero-order chi connectivity index (χ0) is 16.0. The van der Waals surface area contributed by atoms with E-state index in [1.807, 2.05) is 20.8 Å². The van der Waals surface area contributed by atoms with Crippen LogP contribution in [-0.2, 0) is 9.59 Å². The summed E-state index contributed by atoms with van der Waals surface area (Å²) < 4.78 is 0. The van der Waals surface area contributed by atoms with Gasteiger partial charge in [0, 0.05) is 17.8 Å². The van der Waals surface area contributed by atoms with Crippen molar-refractivity contribution in [1.29, 1.82) is 0 Å². The highest BCUT2D eigenvalue weighted by molar-refractivity contribution is 5.88. The fourth-order valence-corrected chi connectivity index (χ4v) is 2.10. The Morgan fingerprint density at radius 2 is 1.50 bits per heavy atom. The van der Waals surface area contributed by atoms with Gasteiger partial charge in [0.05, 0.1) is 0 Å². The lowest BCUT2D eigenvalue weighted by molar-refractivity contribution is -0.131. The van der Waals surface area contributed by atoms with Gasteiger partial charge in [0.1, 0.15) is 5.78 Å². The van der Waals surface area contributed by atoms with Crippen LogP contribution < -0.4 is 5.73 Å². The molecule has 0 rings (SSSR count). The van der Waals surface area contributed by atoms with E-state index in [1.54, 1.807) is 0 Å². The minimum Gasteiger partial charge on any atom is -0.369 e. The molecule has 1 amide bonds. The van der Waals surface area contributed by atoms with Crippen LogP contribution in [0, 0.1) is 16.7 Å². The van der Waals surface area contributed by atoms with Crippen LogP contribution in [0.25, 0.3) is 0 Å². The molecule has 3 heteroatoms. The Labute approximate surface area is 124 Å². The highest BCUT2D eigenvalue weighted by Gasteiger charge is 2.26. The third-order valence-corrected chi connectivity index (χ3v) is 3.65. The highest BCUT2D eigenvalue weighted by Crippen LogP contribution is 2.25. The van der Waals surface area contributed by atoms with E-state index in [2.05, 4.69) is 20.8 Å². The number of hydrogen-bond donors (Lipinski definition) is 1. The lowest BCUT2D eigenvalue weighted by atomic mass is 9.83. The van der Waals surface area contributed by atoms with E-state index in [4.69, 9.17) is 5.73 Å². The number of rotatable bonds is 8. The molecule has 0 bridgehead atoms. The first kappa shape index (κ1) is 19.1. The molecule has 2 N–H and O–H groups in total. The van der Waals surface area contributed by atoms with Gasteiger partial charge in [0.2, 0.25) is 5.91 Å². The molecular formula is C17H33NO2. The van der Waals surface area contributed by atoms with Gasteiger partial charge in [-0.1, -0.05) is 60.8 Å². The number of Topliss-reactive ketones (excluding diaryl/α,β-unsaturated/α-hetero) is 1. The van der Waals surface area contributed by atoms with Crippen LogP contribution in [0.1, 0.15) is 80.1 Å². The second-order valence-corrected chi connectivity index (χ2v) is 8.14. The van der Waals surface area contributed by atoms with Crippen LogP contribution in [0.5, 0.6) is 0 Å². The molecule has 0 aromatic carbocycles. The lowest BCUT2D eigenvalue weighted by Crippen LogP contribution is -2.30. The van der Waals surface area contributed by atoms with Crippen molar-refractivity contribution < 1.29 is 9.59 Å². The summed E-state index contributed by atoms with van der Waals surface area (Å²) in [6.07, 6.45) is 5.46. The second-order valence-electron chi connectivity index (χ2n) is 8.14. The summed E-state index contributed by atoms with van der Waals surface area (Å²) in [5.74, 6) is -0.509. The molecule has 3 nitrogen and oxygen atoms in total. The van der Waals surface area contributed by atoms with Crippen molar-refractivity contribution in [2.75, 3.05) is 0 Å². The molecular weight excluding hydrogens is 250 g/mol. The van der Waals surface area contributed by atoms with Crippen molar-refractivity contribution in [2.24, 2.45) is 22.5 Å². The molecule has 0 aliphatic heterocycles. The smallest absolute Gasteiger partial charge is 0.220 e. The van der Waals surface area contributed by atoms with Crippen LogP contribution in [0.3, 0.4) is 0 Å². The molecule has 0 aliphatic rings. The van der Waals surface area contributed by atoms with Gasteiger partial charge in [-0.2, -0.15) is 0 Å². The molecule has 0 heterocycles. The number of hydrogen-bond acceptors (Lipinski definition) is 2. The Morgan fingerprint density at radius 3 is 1.90 bits per heavy atom. The van der Waals surface area contributed by atoms with Crippen molar-refractivity contribution in [3.63, 3.8) is 0 Å². The zero-order valence-electron chi connectivity index (χ0n) is 14.2. The summed E-state index contributed by atoms with van der Waals surface area (Å²) in [5, 5.41) is 0. The second kappa shape index (κ2) is 7.80. The number of amides is 1. The van der Waals surface area contributed by atoms with Gasteiger partial charge in [-0.3, -0.25) is 9.59 Å². The average Bonchev–Trinajstić information content (AvgIpc) is 2.23. The largest absolute Gasteiger partial charge is 0.369 e. The van der Waals surface area contributed by atoms with Crippen LogP contribution in [-0.4, -0.2) is 11.7 Å². The Bertz CT molecular complexity index is 321. The fraction of sp³-hybridized carbons (Fsp3) is 0.882. The molecule has 0 spiro atoms. The molecule has 0 aliphatic carbocycles. The highest BCUT2D eigenvalue weighted by atomic mass is 16.1. The van der Waals surface area contributed by atoms with Gasteiger partial charge in [-0.05, 0) is 18.3 Å². The SMILES string of the molecule is CC(C)(C)CCCCCC(CC(=O)C(C)(C)C)C(N)=O. The number of carbonyl (C=O) groups is 2. The van der Waals surface area contributed by atoms with E-state index in [9.17, 15) is 9.59 Å². The van der Waals surface area contributed by atoms with Crippen LogP contribution >= 0.6 is 0 Å². The Balaban J connectivity index is 4.12. The minimum atomic E-state index is -0.389. The number of primary amides is 1. The summed E-state index contributed by atoms with van der Waals surface area (Å²) in [4.78, 5) is 23.4. The Hall–Kier alpha value is -0.860. The molecule has 20 heavy (non-hydrogen) atoms. The molecule has 0 aromatic rings. The Morgan fingerprint density at radius 1 is 0.950 bits per heavy atom. The number of nitrogens with two attached hydrogens (primary N) is 1. The van der Waals surface area contributed by atoms with Gasteiger partial charge in [0.25, 0.3) is 0 Å². The van der Waals surface area contributed by atoms with Crippen molar-refractivity contribution >= 4 is 11.7 Å². The van der Waals surface area contributed by atoms with Gasteiger partial charge in [0.15, 0.2) is 0 Å². The molecule has 0 saturated carbocycles. The molecule has 0 radical (unpaired) electrons. The molecule has 0 saturated heterocycles. The predicted molar refractivity (Wildman–Crippen MR) is 84.3 cm³/mol. The summed E-state index contributed by atoms with van der Waals surface area (Å²) in [7, 11) is 0. The van der Waals surface area contributed by atoms with Crippen molar-refractivity contribution in [1.82, 2.24) is 0 Å². The van der Waals surface area contributed by atoms with Crippen molar-refractivity contribution in [3.05, 3.63) is 0 Å². The maximum atomic E-state index is 12.0. The maximum Gasteiger partial charge on any atom is 0.220 e. The first-order valence-corrected chi connectivity index (χ1v) is 7.76. The monoisotopic (exact) mass is 283 g/mol. The quantitative estimate of drug-likeness (QED) is 0.682. The predicted octanol–water partition coefficient (Wildman–Crippen LogP) is 4.09. The summed E-state index contributed by atoms with van der Waals surface area (Å²) >= 11 is 0. The fourth-order valence-electron chi connectivity index (χ4n) is 2.10. The molecule has 118 valence electrons. The summed E-state index contributed by atoms with van der Waals surface area (Å²) in [5.41, 5.74) is 5.40. The maximum absolute atomic E-state index is 12.0. The molecule has 1 atom stereocenters. The van der Waals surface area contributed by atoms with Crippen LogP contribution in [0.4, 0.5) is 0 Å². The first-order chi connectivity index (χ1) is 8.93. The summed E-state index contributed by atoms with van der Waals surface area (Å²) in [6, 6.07) is 0. The van der Waals surface area contributed by atoms with Gasteiger partial charge >= 0.3 is 0 Å². The number of carbonyl (C=O) groups excluding carboxylic acids is 2. The number of unbranched alkanes of at least 4 members (excludes halogenated alkanes) is 2. The summed E-state index contributed by atoms with van der Waals surface area (Å²) in [6.45, 7) is 12.4. The first-order valence-electron chi connectivity index (χ1n) is 7.76. The topological polar surface area (TPSA) is 60.2 Å². The van der Waals surface area contributed by atoms with E-state index < -0.39 is 0 Å².